The third-order valence-electron chi connectivity index (χ3n) is 17.9. The second-order valence-corrected chi connectivity index (χ2v) is 30.5. The van der Waals surface area contributed by atoms with Crippen molar-refractivity contribution in [2.45, 2.75) is 101 Å². The highest BCUT2D eigenvalue weighted by Gasteiger charge is 2.44. The van der Waals surface area contributed by atoms with Crippen LogP contribution < -0.4 is 52.2 Å². The molecule has 0 aliphatic heterocycles. The number of benzene rings is 3. The van der Waals surface area contributed by atoms with Crippen LogP contribution in [0.15, 0.2) is 192 Å². The highest BCUT2D eigenvalue weighted by Crippen LogP contribution is 2.41. The first-order chi connectivity index (χ1) is 58.2. The third kappa shape index (κ3) is 35.0. The molecule has 10 aromatic rings. The molecule has 40 heteroatoms. The van der Waals surface area contributed by atoms with Crippen LogP contribution in [-0.2, 0) is 121 Å². The number of hydrogen-bond donors (Lipinski definition) is 6. The van der Waals surface area contributed by atoms with E-state index in [1.54, 1.807) is 109 Å². The van der Waals surface area contributed by atoms with Gasteiger partial charge in [0.15, 0.2) is 51.7 Å². The van der Waals surface area contributed by atoms with Gasteiger partial charge in [-0.3, -0.25) is 33.6 Å². The lowest BCUT2D eigenvalue weighted by Crippen LogP contribution is -2.28. The molecule has 0 aliphatic rings. The van der Waals surface area contributed by atoms with Crippen molar-refractivity contribution < 1.29 is 84.4 Å². The summed E-state index contributed by atoms with van der Waals surface area (Å²) in [6.45, 7) is 3.16. The van der Waals surface area contributed by atoms with Gasteiger partial charge in [0.25, 0.3) is 0 Å². The van der Waals surface area contributed by atoms with Gasteiger partial charge >= 0.3 is 18.5 Å². The highest BCUT2D eigenvalue weighted by molar-refractivity contribution is 6.21. The Bertz CT molecular complexity index is 5390. The fraction of sp³-hybridized carbons (Fsp3) is 0.384. The molecule has 0 saturated carbocycles. The van der Waals surface area contributed by atoms with Crippen LogP contribution in [0.1, 0.15) is 85.1 Å². The topological polar surface area (TPSA) is 319 Å². The Morgan fingerprint density at radius 1 is 0.381 bits per heavy atom. The number of halogens is 12. The van der Waals surface area contributed by atoms with Crippen molar-refractivity contribution in [1.82, 2.24) is 56.5 Å². The molecule has 0 bridgehead atoms. The number of aromatic nitrogens is 7. The van der Waals surface area contributed by atoms with E-state index in [-0.39, 0.29) is 65.3 Å². The Kier molecular flexibility index (Phi) is 43.5. The van der Waals surface area contributed by atoms with Gasteiger partial charge in [-0.1, -0.05) is 91.0 Å². The molecule has 0 saturated heterocycles. The number of pyridine rings is 7. The van der Waals surface area contributed by atoms with E-state index < -0.39 is 87.0 Å². The van der Waals surface area contributed by atoms with Crippen LogP contribution in [0.5, 0.6) is 40.2 Å². The maximum Gasteiger partial charge on any atom is 0.420 e. The molecule has 126 heavy (non-hydrogen) atoms. The number of aromatic hydroxyl groups is 4. The SMILES string of the molecule is CN(C)Cc1cc(=O)c(O)c(C(Cl)C(F)(F)F)n1C.CN(C)Cc1cc(=O)c(O)c(C(O)C(F)(F)F)n1C.CN(C)Cc1cc(=O)c(O)c(CC(F)(F)F)n1C.CN(C)Cc1cc(=O)c(O)cn1C.CN(C)Cc1cc(=O)c(OCc2ccccc2)cn1C.Cl.Cn1cc(OCc2ccccc2)c(=O)cc1CCl.Cn1cc(OCc2ccccc2)c(=O)cc1CO. The molecular weight excluding hydrogens is 1730 g/mol. The summed E-state index contributed by atoms with van der Waals surface area (Å²) in [5.41, 5.74) is 2.00. The summed E-state index contributed by atoms with van der Waals surface area (Å²) in [7, 11) is 29.4. The van der Waals surface area contributed by atoms with Crippen molar-refractivity contribution in [3.63, 3.8) is 0 Å². The minimum atomic E-state index is -4.96. The van der Waals surface area contributed by atoms with E-state index in [9.17, 15) is 93.5 Å². The largest absolute Gasteiger partial charge is 0.503 e. The van der Waals surface area contributed by atoms with Crippen LogP contribution in [-0.4, -0.2) is 176 Å². The Hall–Kier alpha value is -11.1. The van der Waals surface area contributed by atoms with Gasteiger partial charge < -0.3 is 101 Å². The molecule has 0 aliphatic carbocycles. The van der Waals surface area contributed by atoms with Gasteiger partial charge in [0.1, 0.15) is 25.5 Å². The lowest BCUT2D eigenvalue weighted by atomic mass is 10.1. The summed E-state index contributed by atoms with van der Waals surface area (Å²) < 4.78 is 140. The van der Waals surface area contributed by atoms with Crippen molar-refractivity contribution in [3.8, 4) is 40.2 Å². The first kappa shape index (κ1) is 109. The predicted molar refractivity (Wildman–Crippen MR) is 466 cm³/mol. The molecular formula is C86H108Cl3F9N12O16. The molecule has 0 fully saturated rings. The van der Waals surface area contributed by atoms with Gasteiger partial charge in [-0.25, -0.2) is 0 Å². The molecule has 7 aromatic heterocycles. The molecule has 2 unspecified atom stereocenters. The van der Waals surface area contributed by atoms with Crippen molar-refractivity contribution in [1.29, 1.82) is 0 Å². The number of hydrogen-bond acceptors (Lipinski definition) is 21. The van der Waals surface area contributed by atoms with Crippen molar-refractivity contribution >= 4 is 35.6 Å². The fourth-order valence-electron chi connectivity index (χ4n) is 11.4. The van der Waals surface area contributed by atoms with Crippen molar-refractivity contribution in [3.05, 3.63) is 303 Å². The van der Waals surface area contributed by atoms with Gasteiger partial charge in [-0.2, -0.15) is 39.5 Å². The van der Waals surface area contributed by atoms with Crippen LogP contribution in [0.25, 0.3) is 0 Å². The number of alkyl halides is 11. The van der Waals surface area contributed by atoms with Crippen LogP contribution in [0.4, 0.5) is 39.5 Å². The van der Waals surface area contributed by atoms with Crippen LogP contribution in [0.3, 0.4) is 0 Å². The molecule has 0 spiro atoms. The third-order valence-corrected chi connectivity index (χ3v) is 18.6. The normalized spacial score (nSPS) is 11.7. The number of aliphatic hydroxyl groups is 2. The average molecular weight is 1840 g/mol. The first-order valence-corrected chi connectivity index (χ1v) is 38.8. The Morgan fingerprint density at radius 3 is 1.00 bits per heavy atom. The Balaban J connectivity index is 0.000000380. The second kappa shape index (κ2) is 50.3. The van der Waals surface area contributed by atoms with E-state index in [4.69, 9.17) is 47.6 Å². The summed E-state index contributed by atoms with van der Waals surface area (Å²) in [6, 6.07) is 38.5. The zero-order valence-electron chi connectivity index (χ0n) is 72.6. The molecule has 7 heterocycles. The Labute approximate surface area is 737 Å². The van der Waals surface area contributed by atoms with Crippen LogP contribution in [0.2, 0.25) is 0 Å². The number of aryl methyl sites for hydroxylation is 4. The standard InChI is InChI=1S/C16H20N2O2.C14H14ClNO2.C14H15NO3.C11H14ClF3N2O2.C11H15F3N2O3.C11H15F3N2O2.C9H14N2O2.ClH/c1-17(2)10-14-9-15(19)16(11-18(14)3)20-12-13-7-5-4-6-8-13;1-16-9-14(13(17)7-12(16)8-15)18-10-11-5-3-2-4-6-11;1-15-8-14(13(17)7-12(15)9-16)18-10-11-5-3-2-4-6-11;1-16(2)5-6-4-7(18)9(19)8(17(6)3)10(12)11(13,14)15;1-15(2)5-6-4-7(17)9(18)8(16(6)3)10(19)11(12,13)14;1-15(2)6-7-4-9(17)10(18)8(16(7)3)5-11(12,13)14;1-10(2)5-7-4-8(12)9(13)6-11(7)3;/h4-9,11H,10,12H2,1-3H3;2-7,9H,8,10H2,1H3;2-8,16H,9-10H2,1H3;4,10,19H,5H2,1-3H3;4,10,18-19H,5H2,1-3H3;4,18H,5-6H2,1-3H3;4,6,13H,5H2,1-3H3;1H. The molecule has 28 nitrogen and oxygen atoms in total. The smallest absolute Gasteiger partial charge is 0.420 e. The summed E-state index contributed by atoms with van der Waals surface area (Å²) >= 11 is 11.0. The summed E-state index contributed by atoms with van der Waals surface area (Å²) in [4.78, 5) is 90.1. The summed E-state index contributed by atoms with van der Waals surface area (Å²) in [5.74, 6) is -1.77. The van der Waals surface area contributed by atoms with Crippen molar-refractivity contribution in [2.75, 3.05) is 70.5 Å². The Morgan fingerprint density at radius 2 is 0.667 bits per heavy atom. The van der Waals surface area contributed by atoms with Crippen LogP contribution >= 0.6 is 35.6 Å². The van der Waals surface area contributed by atoms with Crippen LogP contribution in [0, 0.1) is 0 Å². The molecule has 0 radical (unpaired) electrons. The van der Waals surface area contributed by atoms with E-state index in [1.807, 2.05) is 148 Å². The molecule has 0 amide bonds. The van der Waals surface area contributed by atoms with Gasteiger partial charge in [0.05, 0.1) is 48.9 Å². The fourth-order valence-corrected chi connectivity index (χ4v) is 11.9. The highest BCUT2D eigenvalue weighted by atomic mass is 35.5. The van der Waals surface area contributed by atoms with Gasteiger partial charge in [-0.05, 0) is 87.2 Å². The summed E-state index contributed by atoms with van der Waals surface area (Å²) in [6.07, 6.45) is -12.0. The molecule has 3 aromatic carbocycles. The minimum absolute atomic E-state index is 0. The van der Waals surface area contributed by atoms with Crippen molar-refractivity contribution in [2.24, 2.45) is 49.3 Å². The molecule has 6 N–H and O–H groups in total. The lowest BCUT2D eigenvalue weighted by Gasteiger charge is -2.22. The quantitative estimate of drug-likeness (QED) is 0.0242. The molecule has 10 rings (SSSR count). The number of rotatable bonds is 24. The number of ether oxygens (including phenoxy) is 3. The van der Waals surface area contributed by atoms with E-state index in [2.05, 4.69) is 0 Å². The zero-order valence-corrected chi connectivity index (χ0v) is 75.0. The van der Waals surface area contributed by atoms with Gasteiger partial charge in [-0.15, -0.1) is 35.6 Å². The van der Waals surface area contributed by atoms with E-state index in [1.165, 1.54) is 50.1 Å². The average Bonchev–Trinajstić information content (AvgIpc) is 0.790. The molecule has 692 valence electrons. The monoisotopic (exact) mass is 1840 g/mol. The lowest BCUT2D eigenvalue weighted by molar-refractivity contribution is -0.209. The predicted octanol–water partition coefficient (Wildman–Crippen LogP) is 10.8. The van der Waals surface area contributed by atoms with Gasteiger partial charge in [0, 0.05) is 171 Å². The minimum Gasteiger partial charge on any atom is -0.503 e. The number of nitrogens with zero attached hydrogens (tertiary/aromatic N) is 12. The zero-order chi connectivity index (χ0) is 94.5. The second-order valence-electron chi connectivity index (χ2n) is 29.8. The maximum atomic E-state index is 12.7. The van der Waals surface area contributed by atoms with E-state index >= 15 is 0 Å². The van der Waals surface area contributed by atoms with Gasteiger partial charge in [0.2, 0.25) is 38.0 Å². The first-order valence-electron chi connectivity index (χ1n) is 37.8. The number of aliphatic hydroxyl groups excluding tert-OH is 2. The molecule has 2 atom stereocenters. The van der Waals surface area contributed by atoms with E-state index in [0.717, 1.165) is 67.7 Å². The maximum absolute atomic E-state index is 12.7. The summed E-state index contributed by atoms with van der Waals surface area (Å²) in [5, 5.41) is 53.4. The van der Waals surface area contributed by atoms with E-state index in [0.29, 0.717) is 73.1 Å².